The zero-order valence-corrected chi connectivity index (χ0v) is 15.2. The van der Waals surface area contributed by atoms with Gasteiger partial charge in [0.1, 0.15) is 0 Å². The smallest absolute Gasteiger partial charge is 0.269 e. The second-order valence-corrected chi connectivity index (χ2v) is 8.82. The number of nitrogens with zero attached hydrogens (tertiary/aromatic N) is 2. The van der Waals surface area contributed by atoms with E-state index in [0.29, 0.717) is 6.54 Å². The SMILES string of the molecule is Cc1ccc(S(=O)(=O)N=c2ssc(=O)n2Cc2ccccc2)cc1. The van der Waals surface area contributed by atoms with Crippen molar-refractivity contribution in [3.8, 4) is 0 Å². The summed E-state index contributed by atoms with van der Waals surface area (Å²) in [6.07, 6.45) is 0. The standard InChI is InChI=1S/C16H14N2O3S3/c1-12-7-9-14(10-8-12)24(20,21)17-15-18(16(19)23-22-15)11-13-5-3-2-4-6-13/h2-10H,11H2,1H3. The van der Waals surface area contributed by atoms with Gasteiger partial charge in [0.25, 0.3) is 10.0 Å². The lowest BCUT2D eigenvalue weighted by atomic mass is 10.2. The zero-order chi connectivity index (χ0) is 17.2. The lowest BCUT2D eigenvalue weighted by Gasteiger charge is -2.02. The number of benzene rings is 2. The van der Waals surface area contributed by atoms with Crippen molar-refractivity contribution in [1.29, 1.82) is 0 Å². The molecule has 3 rings (SSSR count). The van der Waals surface area contributed by atoms with Crippen molar-refractivity contribution in [2.24, 2.45) is 4.40 Å². The molecule has 0 aliphatic rings. The molecule has 0 spiro atoms. The van der Waals surface area contributed by atoms with Gasteiger partial charge in [-0.05, 0) is 45.3 Å². The highest BCUT2D eigenvalue weighted by Crippen LogP contribution is 2.13. The van der Waals surface area contributed by atoms with E-state index in [1.54, 1.807) is 12.1 Å². The molecule has 0 bridgehead atoms. The largest absolute Gasteiger partial charge is 0.319 e. The minimum absolute atomic E-state index is 0.116. The molecule has 0 N–H and O–H groups in total. The van der Waals surface area contributed by atoms with Crippen LogP contribution >= 0.6 is 20.7 Å². The first-order chi connectivity index (χ1) is 11.5. The summed E-state index contributed by atoms with van der Waals surface area (Å²) < 4.78 is 30.2. The molecular weight excluding hydrogens is 364 g/mol. The van der Waals surface area contributed by atoms with E-state index < -0.39 is 10.0 Å². The van der Waals surface area contributed by atoms with E-state index in [2.05, 4.69) is 4.40 Å². The third-order valence-corrected chi connectivity index (χ3v) is 6.77. The number of sulfonamides is 1. The number of hydrogen-bond acceptors (Lipinski definition) is 5. The summed E-state index contributed by atoms with van der Waals surface area (Å²) in [5.74, 6) is 0. The van der Waals surface area contributed by atoms with Gasteiger partial charge in [-0.2, -0.15) is 8.42 Å². The van der Waals surface area contributed by atoms with E-state index >= 15 is 0 Å². The van der Waals surface area contributed by atoms with E-state index in [1.807, 2.05) is 37.3 Å². The fourth-order valence-electron chi connectivity index (χ4n) is 2.07. The van der Waals surface area contributed by atoms with Crippen LogP contribution in [0.5, 0.6) is 0 Å². The Kier molecular flexibility index (Phi) is 4.79. The number of hydrogen-bond donors (Lipinski definition) is 0. The molecule has 0 radical (unpaired) electrons. The third kappa shape index (κ3) is 3.72. The van der Waals surface area contributed by atoms with Crippen molar-refractivity contribution in [1.82, 2.24) is 4.57 Å². The van der Waals surface area contributed by atoms with Crippen LogP contribution in [0.15, 0.2) is 68.7 Å². The van der Waals surface area contributed by atoms with E-state index in [0.717, 1.165) is 31.8 Å². The summed E-state index contributed by atoms with van der Waals surface area (Å²) in [6.45, 7) is 2.17. The summed E-state index contributed by atoms with van der Waals surface area (Å²) in [5, 5.41) is 0. The molecular formula is C16H14N2O3S3. The quantitative estimate of drug-likeness (QED) is 0.656. The molecule has 0 aliphatic carbocycles. The van der Waals surface area contributed by atoms with Gasteiger partial charge in [0, 0.05) is 0 Å². The van der Waals surface area contributed by atoms with Gasteiger partial charge in [0.05, 0.1) is 11.4 Å². The summed E-state index contributed by atoms with van der Waals surface area (Å²) >= 11 is 0. The van der Waals surface area contributed by atoms with Crippen molar-refractivity contribution < 1.29 is 8.42 Å². The molecule has 1 aromatic heterocycles. The molecule has 124 valence electrons. The molecule has 8 heteroatoms. The maximum absolute atomic E-state index is 12.5. The van der Waals surface area contributed by atoms with Crippen molar-refractivity contribution in [3.63, 3.8) is 0 Å². The number of aromatic nitrogens is 1. The monoisotopic (exact) mass is 378 g/mol. The average molecular weight is 379 g/mol. The average Bonchev–Trinajstić information content (AvgIpc) is 2.89. The van der Waals surface area contributed by atoms with Crippen LogP contribution in [-0.2, 0) is 16.6 Å². The summed E-state index contributed by atoms with van der Waals surface area (Å²) in [6, 6.07) is 15.9. The molecule has 0 atom stereocenters. The van der Waals surface area contributed by atoms with Crippen LogP contribution in [0.2, 0.25) is 0 Å². The van der Waals surface area contributed by atoms with Gasteiger partial charge >= 0.3 is 4.87 Å². The molecule has 24 heavy (non-hydrogen) atoms. The highest BCUT2D eigenvalue weighted by Gasteiger charge is 2.14. The van der Waals surface area contributed by atoms with Crippen LogP contribution in [0.3, 0.4) is 0 Å². The molecule has 3 aromatic rings. The van der Waals surface area contributed by atoms with Crippen LogP contribution in [0.25, 0.3) is 0 Å². The molecule has 5 nitrogen and oxygen atoms in total. The van der Waals surface area contributed by atoms with E-state index in [-0.39, 0.29) is 14.6 Å². The van der Waals surface area contributed by atoms with Gasteiger partial charge in [0.15, 0.2) is 0 Å². The van der Waals surface area contributed by atoms with Gasteiger partial charge < -0.3 is 0 Å². The van der Waals surface area contributed by atoms with Crippen LogP contribution in [-0.4, -0.2) is 13.0 Å². The van der Waals surface area contributed by atoms with Crippen LogP contribution < -0.4 is 9.67 Å². The van der Waals surface area contributed by atoms with Gasteiger partial charge in [-0.3, -0.25) is 9.36 Å². The first-order valence-corrected chi connectivity index (χ1v) is 10.7. The molecule has 0 saturated carbocycles. The second-order valence-electron chi connectivity index (χ2n) is 5.17. The lowest BCUT2D eigenvalue weighted by Crippen LogP contribution is -2.26. The Morgan fingerprint density at radius 3 is 2.33 bits per heavy atom. The van der Waals surface area contributed by atoms with E-state index in [9.17, 15) is 13.2 Å². The highest BCUT2D eigenvalue weighted by atomic mass is 32.9. The third-order valence-electron chi connectivity index (χ3n) is 3.34. The molecule has 2 aromatic carbocycles. The van der Waals surface area contributed by atoms with Crippen molar-refractivity contribution >= 4 is 30.7 Å². The Hall–Kier alpha value is -2.03. The summed E-state index contributed by atoms with van der Waals surface area (Å²) in [5.41, 5.74) is 1.88. The van der Waals surface area contributed by atoms with E-state index in [4.69, 9.17) is 0 Å². The maximum atomic E-state index is 12.5. The molecule has 0 unspecified atom stereocenters. The highest BCUT2D eigenvalue weighted by molar-refractivity contribution is 7.90. The predicted molar refractivity (Wildman–Crippen MR) is 95.9 cm³/mol. The number of aryl methyl sites for hydroxylation is 1. The van der Waals surface area contributed by atoms with Crippen LogP contribution in [0.1, 0.15) is 11.1 Å². The second kappa shape index (κ2) is 6.84. The molecule has 0 fully saturated rings. The summed E-state index contributed by atoms with van der Waals surface area (Å²) in [4.78, 5) is 12.1. The van der Waals surface area contributed by atoms with Gasteiger partial charge in [-0.1, -0.05) is 48.0 Å². The Labute approximate surface area is 146 Å². The first kappa shape index (κ1) is 16.8. The Morgan fingerprint density at radius 1 is 1.00 bits per heavy atom. The van der Waals surface area contributed by atoms with Gasteiger partial charge in [-0.15, -0.1) is 4.40 Å². The minimum Gasteiger partial charge on any atom is -0.269 e. The molecule has 0 aliphatic heterocycles. The normalized spacial score (nSPS) is 12.5. The van der Waals surface area contributed by atoms with Gasteiger partial charge in [-0.25, -0.2) is 0 Å². The topological polar surface area (TPSA) is 68.5 Å². The van der Waals surface area contributed by atoms with Crippen LogP contribution in [0.4, 0.5) is 0 Å². The van der Waals surface area contributed by atoms with Crippen molar-refractivity contribution in [2.45, 2.75) is 18.4 Å². The van der Waals surface area contributed by atoms with E-state index in [1.165, 1.54) is 16.7 Å². The molecule has 1 heterocycles. The lowest BCUT2D eigenvalue weighted by molar-refractivity contribution is 0.595. The predicted octanol–water partition coefficient (Wildman–Crippen LogP) is 2.62. The van der Waals surface area contributed by atoms with Gasteiger partial charge in [0.2, 0.25) is 4.80 Å². The maximum Gasteiger partial charge on any atom is 0.319 e. The molecule has 0 saturated heterocycles. The van der Waals surface area contributed by atoms with Crippen molar-refractivity contribution in [3.05, 3.63) is 80.2 Å². The minimum atomic E-state index is -3.85. The number of rotatable bonds is 4. The first-order valence-electron chi connectivity index (χ1n) is 7.07. The van der Waals surface area contributed by atoms with Crippen molar-refractivity contribution in [2.75, 3.05) is 0 Å². The fraction of sp³-hybridized carbons (Fsp3) is 0.125. The Bertz CT molecular complexity index is 1060. The summed E-state index contributed by atoms with van der Waals surface area (Å²) in [7, 11) is -1.80. The zero-order valence-electron chi connectivity index (χ0n) is 12.7. The Balaban J connectivity index is 2.05. The Morgan fingerprint density at radius 2 is 1.67 bits per heavy atom. The molecule has 0 amide bonds. The fourth-order valence-corrected chi connectivity index (χ4v) is 5.31. The van der Waals surface area contributed by atoms with Crippen LogP contribution in [0, 0.1) is 6.92 Å².